The van der Waals surface area contributed by atoms with Gasteiger partial charge in [-0.2, -0.15) is 0 Å². The van der Waals surface area contributed by atoms with E-state index in [1.165, 1.54) is 4.88 Å². The first-order valence-corrected chi connectivity index (χ1v) is 8.22. The first-order chi connectivity index (χ1) is 10.3. The third-order valence-electron chi connectivity index (χ3n) is 3.57. The van der Waals surface area contributed by atoms with Crippen LogP contribution in [0.4, 0.5) is 0 Å². The van der Waals surface area contributed by atoms with Crippen LogP contribution in [-0.4, -0.2) is 23.5 Å². The number of para-hydroxylation sites is 1. The molecule has 0 spiro atoms. The van der Waals surface area contributed by atoms with Crippen LogP contribution in [0.25, 0.3) is 0 Å². The predicted octanol–water partition coefficient (Wildman–Crippen LogP) is 3.95. The van der Waals surface area contributed by atoms with E-state index in [9.17, 15) is 4.79 Å². The molecule has 1 fully saturated rings. The third-order valence-corrected chi connectivity index (χ3v) is 4.43. The van der Waals surface area contributed by atoms with Crippen molar-refractivity contribution in [1.82, 2.24) is 4.90 Å². The molecule has 1 aliphatic carbocycles. The number of amides is 1. The molecule has 1 aliphatic rings. The SMILES string of the molecule is CCOc1ccccc1C(=O)N(Cc1cccs1)C1CC1. The van der Waals surface area contributed by atoms with Crippen LogP contribution in [0.15, 0.2) is 41.8 Å². The number of ether oxygens (including phenoxy) is 1. The van der Waals surface area contributed by atoms with Crippen LogP contribution in [-0.2, 0) is 6.54 Å². The zero-order valence-corrected chi connectivity index (χ0v) is 12.9. The summed E-state index contributed by atoms with van der Waals surface area (Å²) in [5.41, 5.74) is 0.669. The maximum Gasteiger partial charge on any atom is 0.258 e. The van der Waals surface area contributed by atoms with Gasteiger partial charge in [0.2, 0.25) is 0 Å². The smallest absolute Gasteiger partial charge is 0.258 e. The van der Waals surface area contributed by atoms with E-state index < -0.39 is 0 Å². The lowest BCUT2D eigenvalue weighted by atomic mass is 10.1. The minimum Gasteiger partial charge on any atom is -0.493 e. The van der Waals surface area contributed by atoms with Crippen LogP contribution in [0.2, 0.25) is 0 Å². The molecule has 0 unspecified atom stereocenters. The van der Waals surface area contributed by atoms with Gasteiger partial charge in [0, 0.05) is 10.9 Å². The highest BCUT2D eigenvalue weighted by molar-refractivity contribution is 7.09. The molecule has 1 saturated carbocycles. The maximum atomic E-state index is 12.9. The van der Waals surface area contributed by atoms with Crippen molar-refractivity contribution in [2.75, 3.05) is 6.61 Å². The van der Waals surface area contributed by atoms with Gasteiger partial charge in [0.15, 0.2) is 0 Å². The van der Waals surface area contributed by atoms with Gasteiger partial charge < -0.3 is 9.64 Å². The Hall–Kier alpha value is -1.81. The van der Waals surface area contributed by atoms with Gasteiger partial charge in [-0.25, -0.2) is 0 Å². The summed E-state index contributed by atoms with van der Waals surface area (Å²) in [7, 11) is 0. The highest BCUT2D eigenvalue weighted by atomic mass is 32.1. The molecule has 110 valence electrons. The van der Waals surface area contributed by atoms with E-state index in [0.29, 0.717) is 30.5 Å². The van der Waals surface area contributed by atoms with Crippen molar-refractivity contribution >= 4 is 17.2 Å². The molecule has 4 heteroatoms. The van der Waals surface area contributed by atoms with E-state index in [1.54, 1.807) is 11.3 Å². The largest absolute Gasteiger partial charge is 0.493 e. The summed E-state index contributed by atoms with van der Waals surface area (Å²) in [6.45, 7) is 3.20. The van der Waals surface area contributed by atoms with Crippen molar-refractivity contribution in [3.63, 3.8) is 0 Å². The zero-order chi connectivity index (χ0) is 14.7. The molecule has 21 heavy (non-hydrogen) atoms. The predicted molar refractivity (Wildman–Crippen MR) is 84.8 cm³/mol. The number of hydrogen-bond acceptors (Lipinski definition) is 3. The molecule has 2 aromatic rings. The number of rotatable bonds is 6. The average molecular weight is 301 g/mol. The fourth-order valence-electron chi connectivity index (χ4n) is 2.40. The quantitative estimate of drug-likeness (QED) is 0.808. The Morgan fingerprint density at radius 2 is 2.10 bits per heavy atom. The van der Waals surface area contributed by atoms with Crippen LogP contribution >= 0.6 is 11.3 Å². The number of nitrogens with zero attached hydrogens (tertiary/aromatic N) is 1. The number of carbonyl (C=O) groups is 1. The van der Waals surface area contributed by atoms with Gasteiger partial charge in [0.1, 0.15) is 5.75 Å². The summed E-state index contributed by atoms with van der Waals surface area (Å²) in [5.74, 6) is 0.761. The Kier molecular flexibility index (Phi) is 4.25. The lowest BCUT2D eigenvalue weighted by molar-refractivity contribution is 0.0727. The van der Waals surface area contributed by atoms with Gasteiger partial charge >= 0.3 is 0 Å². The van der Waals surface area contributed by atoms with E-state index in [2.05, 4.69) is 11.4 Å². The van der Waals surface area contributed by atoms with Crippen LogP contribution < -0.4 is 4.74 Å². The summed E-state index contributed by atoms with van der Waals surface area (Å²) in [6, 6.07) is 12.0. The number of carbonyl (C=O) groups excluding carboxylic acids is 1. The molecule has 3 rings (SSSR count). The van der Waals surface area contributed by atoms with E-state index in [4.69, 9.17) is 4.74 Å². The third kappa shape index (κ3) is 3.27. The number of benzene rings is 1. The highest BCUT2D eigenvalue weighted by Gasteiger charge is 2.34. The Morgan fingerprint density at radius 1 is 1.29 bits per heavy atom. The monoisotopic (exact) mass is 301 g/mol. The molecule has 0 bridgehead atoms. The molecule has 0 saturated heterocycles. The summed E-state index contributed by atoms with van der Waals surface area (Å²) in [6.07, 6.45) is 2.21. The molecule has 1 heterocycles. The number of hydrogen-bond donors (Lipinski definition) is 0. The van der Waals surface area contributed by atoms with Crippen LogP contribution in [0.3, 0.4) is 0 Å². The van der Waals surface area contributed by atoms with Gasteiger partial charge in [-0.3, -0.25) is 4.79 Å². The molecular weight excluding hydrogens is 282 g/mol. The summed E-state index contributed by atoms with van der Waals surface area (Å²) in [4.78, 5) is 16.1. The second-order valence-corrected chi connectivity index (χ2v) is 6.21. The van der Waals surface area contributed by atoms with Crippen molar-refractivity contribution in [2.45, 2.75) is 32.4 Å². The maximum absolute atomic E-state index is 12.9. The zero-order valence-electron chi connectivity index (χ0n) is 12.1. The first kappa shape index (κ1) is 14.1. The van der Waals surface area contributed by atoms with Crippen molar-refractivity contribution in [2.24, 2.45) is 0 Å². The van der Waals surface area contributed by atoms with Gasteiger partial charge in [0.05, 0.1) is 18.7 Å². The van der Waals surface area contributed by atoms with E-state index in [1.807, 2.05) is 42.2 Å². The molecular formula is C17H19NO2S. The minimum atomic E-state index is 0.0787. The van der Waals surface area contributed by atoms with E-state index in [-0.39, 0.29) is 5.91 Å². The minimum absolute atomic E-state index is 0.0787. The molecule has 1 aromatic carbocycles. The Balaban J connectivity index is 1.84. The average Bonchev–Trinajstić information content (AvgIpc) is 3.21. The summed E-state index contributed by atoms with van der Waals surface area (Å²) >= 11 is 1.70. The molecule has 1 amide bonds. The Morgan fingerprint density at radius 3 is 2.76 bits per heavy atom. The second-order valence-electron chi connectivity index (χ2n) is 5.17. The Labute approximate surface area is 129 Å². The molecule has 0 atom stereocenters. The van der Waals surface area contributed by atoms with Crippen molar-refractivity contribution in [3.05, 3.63) is 52.2 Å². The molecule has 0 N–H and O–H groups in total. The summed E-state index contributed by atoms with van der Waals surface area (Å²) < 4.78 is 5.60. The second kappa shape index (κ2) is 6.31. The van der Waals surface area contributed by atoms with Crippen LogP contribution in [0.5, 0.6) is 5.75 Å². The van der Waals surface area contributed by atoms with Gasteiger partial charge in [-0.1, -0.05) is 18.2 Å². The van der Waals surface area contributed by atoms with Crippen molar-refractivity contribution in [1.29, 1.82) is 0 Å². The van der Waals surface area contributed by atoms with Gasteiger partial charge in [0.25, 0.3) is 5.91 Å². The first-order valence-electron chi connectivity index (χ1n) is 7.34. The fraction of sp³-hybridized carbons (Fsp3) is 0.353. The molecule has 0 aliphatic heterocycles. The van der Waals surface area contributed by atoms with Gasteiger partial charge in [-0.15, -0.1) is 11.3 Å². The Bertz CT molecular complexity index is 605. The van der Waals surface area contributed by atoms with Crippen LogP contribution in [0.1, 0.15) is 35.0 Å². The van der Waals surface area contributed by atoms with E-state index in [0.717, 1.165) is 12.8 Å². The van der Waals surface area contributed by atoms with Crippen LogP contribution in [0, 0.1) is 0 Å². The fourth-order valence-corrected chi connectivity index (χ4v) is 3.11. The van der Waals surface area contributed by atoms with Gasteiger partial charge in [-0.05, 0) is 43.3 Å². The lowest BCUT2D eigenvalue weighted by Crippen LogP contribution is -2.32. The topological polar surface area (TPSA) is 29.5 Å². The number of thiophene rings is 1. The molecule has 1 aromatic heterocycles. The molecule has 0 radical (unpaired) electrons. The van der Waals surface area contributed by atoms with Crippen molar-refractivity contribution in [3.8, 4) is 5.75 Å². The van der Waals surface area contributed by atoms with Crippen molar-refractivity contribution < 1.29 is 9.53 Å². The summed E-state index contributed by atoms with van der Waals surface area (Å²) in [5, 5.41) is 2.05. The lowest BCUT2D eigenvalue weighted by Gasteiger charge is -2.23. The normalized spacial score (nSPS) is 14.0. The standard InChI is InChI=1S/C17H19NO2S/c1-2-20-16-8-4-3-7-15(16)17(19)18(13-9-10-13)12-14-6-5-11-21-14/h3-8,11,13H,2,9-10,12H2,1H3. The molecule has 3 nitrogen and oxygen atoms in total. The highest BCUT2D eigenvalue weighted by Crippen LogP contribution is 2.32. The van der Waals surface area contributed by atoms with E-state index >= 15 is 0 Å².